The summed E-state index contributed by atoms with van der Waals surface area (Å²) < 4.78 is 11.6. The molecule has 2 bridgehead atoms. The molecule has 31 heavy (non-hydrogen) atoms. The van der Waals surface area contributed by atoms with Crippen LogP contribution in [-0.4, -0.2) is 82.3 Å². The van der Waals surface area contributed by atoms with Gasteiger partial charge in [0.05, 0.1) is 37.2 Å². The third kappa shape index (κ3) is 3.57. The molecule has 0 radical (unpaired) electrons. The number of nitrogens with zero attached hydrogens (tertiary/aromatic N) is 2. The van der Waals surface area contributed by atoms with Crippen molar-refractivity contribution in [2.45, 2.75) is 77.3 Å². The summed E-state index contributed by atoms with van der Waals surface area (Å²) in [5.74, 6) is -2.55. The van der Waals surface area contributed by atoms with Crippen LogP contribution in [0.1, 0.15) is 47.5 Å². The molecule has 0 saturated carbocycles. The molecule has 8 nitrogen and oxygen atoms in total. The lowest BCUT2D eigenvalue weighted by molar-refractivity contribution is -0.157. The summed E-state index contributed by atoms with van der Waals surface area (Å²) in [6.45, 7) is 13.4. The molecule has 8 heteroatoms. The van der Waals surface area contributed by atoms with Crippen molar-refractivity contribution in [2.75, 3.05) is 19.8 Å². The molecule has 1 spiro atoms. The lowest BCUT2D eigenvalue weighted by Gasteiger charge is -2.41. The second kappa shape index (κ2) is 8.90. The van der Waals surface area contributed by atoms with Crippen molar-refractivity contribution < 1.29 is 29.0 Å². The maximum atomic E-state index is 13.9. The lowest BCUT2D eigenvalue weighted by Crippen LogP contribution is -2.60. The lowest BCUT2D eigenvalue weighted by atomic mass is 9.70. The van der Waals surface area contributed by atoms with E-state index in [2.05, 4.69) is 6.58 Å². The van der Waals surface area contributed by atoms with Gasteiger partial charge in [-0.05, 0) is 39.5 Å². The second-order valence-electron chi connectivity index (χ2n) is 9.42. The highest BCUT2D eigenvalue weighted by atomic mass is 16.6. The van der Waals surface area contributed by atoms with Gasteiger partial charge in [-0.1, -0.05) is 19.9 Å². The Morgan fingerprint density at radius 3 is 2.58 bits per heavy atom. The first-order valence-electron chi connectivity index (χ1n) is 11.3. The third-order valence-corrected chi connectivity index (χ3v) is 7.08. The van der Waals surface area contributed by atoms with E-state index in [0.29, 0.717) is 19.4 Å². The number of rotatable bonds is 9. The Morgan fingerprint density at radius 1 is 1.39 bits per heavy atom. The quantitative estimate of drug-likeness (QED) is 0.433. The van der Waals surface area contributed by atoms with E-state index in [0.717, 1.165) is 0 Å². The van der Waals surface area contributed by atoms with Crippen molar-refractivity contribution in [1.29, 1.82) is 0 Å². The van der Waals surface area contributed by atoms with Crippen molar-refractivity contribution in [3.63, 3.8) is 0 Å². The van der Waals surface area contributed by atoms with Gasteiger partial charge in [0, 0.05) is 12.6 Å². The molecule has 3 saturated heterocycles. The van der Waals surface area contributed by atoms with E-state index in [9.17, 15) is 19.5 Å². The maximum absolute atomic E-state index is 13.9. The fraction of sp³-hybridized carbons (Fsp3) is 0.783. The summed E-state index contributed by atoms with van der Waals surface area (Å²) in [7, 11) is 0. The highest BCUT2D eigenvalue weighted by Crippen LogP contribution is 2.59. The number of hydrogen-bond acceptors (Lipinski definition) is 6. The molecule has 3 aliphatic heterocycles. The number of aliphatic hydroxyl groups excluding tert-OH is 1. The normalized spacial score (nSPS) is 32.5. The van der Waals surface area contributed by atoms with Gasteiger partial charge in [0.2, 0.25) is 11.8 Å². The molecule has 0 aromatic heterocycles. The number of fused-ring (bicyclic) bond motifs is 1. The molecule has 0 aromatic rings. The van der Waals surface area contributed by atoms with Crippen LogP contribution >= 0.6 is 0 Å². The minimum atomic E-state index is -1.08. The summed E-state index contributed by atoms with van der Waals surface area (Å²) in [5, 5.41) is 10.1. The van der Waals surface area contributed by atoms with Gasteiger partial charge < -0.3 is 24.4 Å². The second-order valence-corrected chi connectivity index (χ2v) is 9.42. The number of hydrogen-bond donors (Lipinski definition) is 1. The zero-order valence-electron chi connectivity index (χ0n) is 19.2. The van der Waals surface area contributed by atoms with Crippen LogP contribution < -0.4 is 0 Å². The summed E-state index contributed by atoms with van der Waals surface area (Å²) in [4.78, 5) is 43.7. The summed E-state index contributed by atoms with van der Waals surface area (Å²) in [5.41, 5.74) is -1.08. The number of amides is 2. The molecule has 3 aliphatic rings. The maximum Gasteiger partial charge on any atom is 0.312 e. The third-order valence-electron chi connectivity index (χ3n) is 7.08. The van der Waals surface area contributed by atoms with Crippen LogP contribution in [0.3, 0.4) is 0 Å². The van der Waals surface area contributed by atoms with Crippen molar-refractivity contribution in [2.24, 2.45) is 17.8 Å². The predicted octanol–water partition coefficient (Wildman–Crippen LogP) is 1.36. The molecule has 0 aromatic carbocycles. The van der Waals surface area contributed by atoms with E-state index in [1.54, 1.807) is 17.9 Å². The molecule has 2 unspecified atom stereocenters. The number of carbonyl (C=O) groups is 3. The predicted molar refractivity (Wildman–Crippen MR) is 114 cm³/mol. The van der Waals surface area contributed by atoms with Gasteiger partial charge in [-0.15, -0.1) is 6.58 Å². The van der Waals surface area contributed by atoms with E-state index >= 15 is 0 Å². The van der Waals surface area contributed by atoms with Gasteiger partial charge in [0.25, 0.3) is 0 Å². The molecule has 1 N–H and O–H groups in total. The van der Waals surface area contributed by atoms with Crippen LogP contribution in [0.25, 0.3) is 0 Å². The zero-order chi connectivity index (χ0) is 23.1. The van der Waals surface area contributed by atoms with E-state index in [1.807, 2.05) is 27.7 Å². The molecule has 3 heterocycles. The first kappa shape index (κ1) is 23.7. The molecule has 6 atom stereocenters. The summed E-state index contributed by atoms with van der Waals surface area (Å²) >= 11 is 0. The molecule has 0 aliphatic carbocycles. The Kier molecular flexibility index (Phi) is 6.81. The van der Waals surface area contributed by atoms with Gasteiger partial charge in [-0.3, -0.25) is 14.4 Å². The average Bonchev–Trinajstić information content (AvgIpc) is 3.34. The molecular formula is C23H36N2O6. The van der Waals surface area contributed by atoms with Gasteiger partial charge >= 0.3 is 5.97 Å². The number of carbonyl (C=O) groups excluding carboxylic acids is 3. The topological polar surface area (TPSA) is 96.4 Å². The minimum Gasteiger partial charge on any atom is -0.466 e. The number of ether oxygens (including phenoxy) is 2. The standard InChI is InChI=1S/C23H36N2O6/c1-7-11-24(14(5)6)21(28)19-23-10-9-16(31-23)17(22(29)30-8-2)18(23)20(27)25(19)15(12-26)13(3)4/h7,13-19,26H,1,8-12H2,2-6H3/t15-,16+,17-,18-,19?,23?/m0/s1. The first-order chi connectivity index (χ1) is 14.7. The zero-order valence-corrected chi connectivity index (χ0v) is 19.2. The van der Waals surface area contributed by atoms with Gasteiger partial charge in [-0.25, -0.2) is 0 Å². The highest BCUT2D eigenvalue weighted by molar-refractivity contribution is 5.98. The van der Waals surface area contributed by atoms with E-state index in [4.69, 9.17) is 9.47 Å². The molecule has 3 rings (SSSR count). The summed E-state index contributed by atoms with van der Waals surface area (Å²) in [6.07, 6.45) is 2.35. The van der Waals surface area contributed by atoms with E-state index < -0.39 is 41.6 Å². The van der Waals surface area contributed by atoms with E-state index in [1.165, 1.54) is 4.90 Å². The van der Waals surface area contributed by atoms with Crippen LogP contribution in [0.15, 0.2) is 12.7 Å². The SMILES string of the molecule is C=CCN(C(=O)C1N([C@@H](CO)C(C)C)C(=O)[C@@H]2[C@@H](C(=O)OCC)[C@H]3CCC12O3)C(C)C. The van der Waals surface area contributed by atoms with Gasteiger partial charge in [-0.2, -0.15) is 0 Å². The Morgan fingerprint density at radius 2 is 2.06 bits per heavy atom. The van der Waals surface area contributed by atoms with Crippen molar-refractivity contribution in [1.82, 2.24) is 9.80 Å². The fourth-order valence-corrected chi connectivity index (χ4v) is 5.71. The van der Waals surface area contributed by atoms with Crippen LogP contribution in [0, 0.1) is 17.8 Å². The molecule has 174 valence electrons. The fourth-order valence-electron chi connectivity index (χ4n) is 5.71. The molecular weight excluding hydrogens is 400 g/mol. The number of likely N-dealkylation sites (tertiary alicyclic amines) is 1. The number of esters is 1. The van der Waals surface area contributed by atoms with E-state index in [-0.39, 0.29) is 37.0 Å². The minimum absolute atomic E-state index is 0.0791. The average molecular weight is 437 g/mol. The van der Waals surface area contributed by atoms with Crippen LogP contribution in [0.4, 0.5) is 0 Å². The van der Waals surface area contributed by atoms with Gasteiger partial charge in [0.1, 0.15) is 11.6 Å². The Hall–Kier alpha value is -1.93. The Labute approximate surface area is 184 Å². The van der Waals surface area contributed by atoms with Crippen LogP contribution in [0.2, 0.25) is 0 Å². The number of aliphatic hydroxyl groups is 1. The first-order valence-corrected chi connectivity index (χ1v) is 11.3. The smallest absolute Gasteiger partial charge is 0.312 e. The van der Waals surface area contributed by atoms with Crippen LogP contribution in [0.5, 0.6) is 0 Å². The largest absolute Gasteiger partial charge is 0.466 e. The molecule has 3 fully saturated rings. The monoisotopic (exact) mass is 436 g/mol. The van der Waals surface area contributed by atoms with Crippen molar-refractivity contribution >= 4 is 17.8 Å². The molecule has 2 amide bonds. The van der Waals surface area contributed by atoms with Gasteiger partial charge in [0.15, 0.2) is 0 Å². The van der Waals surface area contributed by atoms with Crippen LogP contribution in [-0.2, 0) is 23.9 Å². The van der Waals surface area contributed by atoms with Crippen molar-refractivity contribution in [3.8, 4) is 0 Å². The van der Waals surface area contributed by atoms with Crippen molar-refractivity contribution in [3.05, 3.63) is 12.7 Å². The summed E-state index contributed by atoms with van der Waals surface area (Å²) in [6, 6.07) is -1.55. The highest BCUT2D eigenvalue weighted by Gasteiger charge is 2.75. The Balaban J connectivity index is 2.11. The Bertz CT molecular complexity index is 738.